The standard InChI is InChI=1S/C22H21N3O4/c1-13(2)18(25-20(26)16-8-4-5-9-17(16)21(25)27)22(28)29-12-15-11-24-10-6-7-14(3)19(24)23-15/h4-11,13,18H,12H2,1-3H3/t18-/m1/s1. The number of carbonyl (C=O) groups is 3. The van der Waals surface area contributed by atoms with Gasteiger partial charge in [-0.25, -0.2) is 9.78 Å². The zero-order valence-electron chi connectivity index (χ0n) is 16.5. The lowest BCUT2D eigenvalue weighted by Crippen LogP contribution is -2.48. The van der Waals surface area contributed by atoms with E-state index in [1.165, 1.54) is 0 Å². The molecule has 0 radical (unpaired) electrons. The number of pyridine rings is 1. The van der Waals surface area contributed by atoms with Gasteiger partial charge < -0.3 is 9.14 Å². The van der Waals surface area contributed by atoms with Crippen LogP contribution in [0.15, 0.2) is 48.8 Å². The molecule has 2 aromatic heterocycles. The smallest absolute Gasteiger partial charge is 0.330 e. The Kier molecular flexibility index (Phi) is 4.66. The molecule has 1 aromatic carbocycles. The summed E-state index contributed by atoms with van der Waals surface area (Å²) in [6, 6.07) is 9.45. The molecule has 1 aliphatic heterocycles. The zero-order valence-corrected chi connectivity index (χ0v) is 16.5. The van der Waals surface area contributed by atoms with Crippen LogP contribution < -0.4 is 0 Å². The third-order valence-corrected chi connectivity index (χ3v) is 5.07. The zero-order chi connectivity index (χ0) is 20.7. The number of imidazole rings is 1. The van der Waals surface area contributed by atoms with Gasteiger partial charge in [0.2, 0.25) is 0 Å². The summed E-state index contributed by atoms with van der Waals surface area (Å²) >= 11 is 0. The summed E-state index contributed by atoms with van der Waals surface area (Å²) in [5.74, 6) is -1.86. The first-order valence-electron chi connectivity index (χ1n) is 9.45. The van der Waals surface area contributed by atoms with Crippen LogP contribution in [0.4, 0.5) is 0 Å². The molecule has 7 nitrogen and oxygen atoms in total. The Balaban J connectivity index is 1.54. The fraction of sp³-hybridized carbons (Fsp3) is 0.273. The lowest BCUT2D eigenvalue weighted by molar-refractivity contribution is -0.151. The van der Waals surface area contributed by atoms with Crippen LogP contribution >= 0.6 is 0 Å². The maximum absolute atomic E-state index is 12.9. The van der Waals surface area contributed by atoms with Gasteiger partial charge >= 0.3 is 5.97 Å². The lowest BCUT2D eigenvalue weighted by atomic mass is 10.0. The van der Waals surface area contributed by atoms with Crippen molar-refractivity contribution in [2.75, 3.05) is 0 Å². The topological polar surface area (TPSA) is 81.0 Å². The van der Waals surface area contributed by atoms with Crippen LogP contribution in [-0.2, 0) is 16.1 Å². The van der Waals surface area contributed by atoms with Crippen molar-refractivity contribution in [1.29, 1.82) is 0 Å². The van der Waals surface area contributed by atoms with E-state index in [1.807, 2.05) is 29.7 Å². The number of ether oxygens (including phenoxy) is 1. The Bertz CT molecular complexity index is 1100. The van der Waals surface area contributed by atoms with Crippen molar-refractivity contribution in [1.82, 2.24) is 14.3 Å². The number of benzene rings is 1. The molecule has 0 fully saturated rings. The Morgan fingerprint density at radius 1 is 1.07 bits per heavy atom. The van der Waals surface area contributed by atoms with E-state index in [-0.39, 0.29) is 12.5 Å². The highest BCUT2D eigenvalue weighted by molar-refractivity contribution is 6.22. The molecule has 148 valence electrons. The van der Waals surface area contributed by atoms with Gasteiger partial charge in [-0.2, -0.15) is 0 Å². The number of hydrogen-bond donors (Lipinski definition) is 0. The van der Waals surface area contributed by atoms with Crippen molar-refractivity contribution >= 4 is 23.4 Å². The van der Waals surface area contributed by atoms with Crippen molar-refractivity contribution in [3.05, 3.63) is 71.2 Å². The van der Waals surface area contributed by atoms with Gasteiger partial charge in [0.1, 0.15) is 18.3 Å². The summed E-state index contributed by atoms with van der Waals surface area (Å²) in [5, 5.41) is 0. The summed E-state index contributed by atoms with van der Waals surface area (Å²) < 4.78 is 7.33. The van der Waals surface area contributed by atoms with Crippen LogP contribution in [-0.4, -0.2) is 38.1 Å². The molecular weight excluding hydrogens is 370 g/mol. The van der Waals surface area contributed by atoms with E-state index in [0.29, 0.717) is 16.8 Å². The van der Waals surface area contributed by atoms with Crippen LogP contribution in [0.25, 0.3) is 5.65 Å². The molecule has 3 aromatic rings. The number of aryl methyl sites for hydroxylation is 1. The van der Waals surface area contributed by atoms with E-state index in [4.69, 9.17) is 4.74 Å². The molecular formula is C22H21N3O4. The summed E-state index contributed by atoms with van der Waals surface area (Å²) in [5.41, 5.74) is 3.02. The van der Waals surface area contributed by atoms with E-state index in [2.05, 4.69) is 4.98 Å². The molecule has 0 saturated heterocycles. The average molecular weight is 391 g/mol. The molecule has 0 unspecified atom stereocenters. The molecule has 1 atom stereocenters. The minimum atomic E-state index is -0.999. The first-order valence-corrected chi connectivity index (χ1v) is 9.45. The Labute approximate surface area is 167 Å². The Morgan fingerprint density at radius 2 is 1.72 bits per heavy atom. The lowest BCUT2D eigenvalue weighted by Gasteiger charge is -2.27. The van der Waals surface area contributed by atoms with E-state index < -0.39 is 23.8 Å². The van der Waals surface area contributed by atoms with Crippen LogP contribution in [0, 0.1) is 12.8 Å². The number of amides is 2. The summed E-state index contributed by atoms with van der Waals surface area (Å²) in [4.78, 5) is 43.9. The highest BCUT2D eigenvalue weighted by Crippen LogP contribution is 2.27. The molecule has 0 saturated carbocycles. The number of esters is 1. The summed E-state index contributed by atoms with van der Waals surface area (Å²) in [7, 11) is 0. The highest BCUT2D eigenvalue weighted by atomic mass is 16.5. The second-order valence-corrected chi connectivity index (χ2v) is 7.48. The predicted molar refractivity (Wildman–Crippen MR) is 105 cm³/mol. The molecule has 0 spiro atoms. The minimum Gasteiger partial charge on any atom is -0.458 e. The fourth-order valence-electron chi connectivity index (χ4n) is 3.64. The van der Waals surface area contributed by atoms with E-state index in [0.717, 1.165) is 16.1 Å². The molecule has 7 heteroatoms. The second-order valence-electron chi connectivity index (χ2n) is 7.48. The molecule has 0 bridgehead atoms. The number of aromatic nitrogens is 2. The van der Waals surface area contributed by atoms with Gasteiger partial charge in [0.05, 0.1) is 16.8 Å². The van der Waals surface area contributed by atoms with E-state index >= 15 is 0 Å². The average Bonchev–Trinajstić information content (AvgIpc) is 3.22. The van der Waals surface area contributed by atoms with Crippen molar-refractivity contribution < 1.29 is 19.1 Å². The van der Waals surface area contributed by atoms with Gasteiger partial charge in [-0.15, -0.1) is 0 Å². The minimum absolute atomic E-state index is 0.0354. The van der Waals surface area contributed by atoms with Crippen molar-refractivity contribution in [2.45, 2.75) is 33.4 Å². The molecule has 4 rings (SSSR count). The number of fused-ring (bicyclic) bond motifs is 2. The normalized spacial score (nSPS) is 14.6. The maximum Gasteiger partial charge on any atom is 0.330 e. The van der Waals surface area contributed by atoms with Gasteiger partial charge in [0.15, 0.2) is 0 Å². The molecule has 2 amide bonds. The number of carbonyl (C=O) groups excluding carboxylic acids is 3. The summed E-state index contributed by atoms with van der Waals surface area (Å²) in [6.45, 7) is 5.48. The van der Waals surface area contributed by atoms with E-state index in [1.54, 1.807) is 44.3 Å². The van der Waals surface area contributed by atoms with Gasteiger partial charge in [-0.3, -0.25) is 14.5 Å². The molecule has 1 aliphatic rings. The number of hydrogen-bond acceptors (Lipinski definition) is 5. The Hall–Kier alpha value is -3.48. The SMILES string of the molecule is Cc1cccn2cc(COC(=O)[C@@H](C(C)C)N3C(=O)c4ccccc4C3=O)nc12. The maximum atomic E-state index is 12.9. The van der Waals surface area contributed by atoms with Crippen molar-refractivity contribution in [3.63, 3.8) is 0 Å². The van der Waals surface area contributed by atoms with Gasteiger partial charge in [0, 0.05) is 12.4 Å². The number of nitrogens with zero attached hydrogens (tertiary/aromatic N) is 3. The molecule has 3 heterocycles. The van der Waals surface area contributed by atoms with Gasteiger partial charge in [-0.05, 0) is 36.6 Å². The first kappa shape index (κ1) is 18.9. The molecule has 0 aliphatic carbocycles. The predicted octanol–water partition coefficient (Wildman–Crippen LogP) is 3.01. The van der Waals surface area contributed by atoms with Gasteiger partial charge in [0.25, 0.3) is 11.8 Å². The van der Waals surface area contributed by atoms with E-state index in [9.17, 15) is 14.4 Å². The van der Waals surface area contributed by atoms with Crippen LogP contribution in [0.3, 0.4) is 0 Å². The van der Waals surface area contributed by atoms with Crippen molar-refractivity contribution in [2.24, 2.45) is 5.92 Å². The fourth-order valence-corrected chi connectivity index (χ4v) is 3.64. The highest BCUT2D eigenvalue weighted by Gasteiger charge is 2.44. The van der Waals surface area contributed by atoms with Crippen LogP contribution in [0.5, 0.6) is 0 Å². The summed E-state index contributed by atoms with van der Waals surface area (Å²) in [6.07, 6.45) is 3.67. The second kappa shape index (κ2) is 7.16. The third kappa shape index (κ3) is 3.18. The van der Waals surface area contributed by atoms with Crippen LogP contribution in [0.2, 0.25) is 0 Å². The number of imide groups is 1. The quantitative estimate of drug-likeness (QED) is 0.493. The largest absolute Gasteiger partial charge is 0.458 e. The molecule has 29 heavy (non-hydrogen) atoms. The number of rotatable bonds is 5. The van der Waals surface area contributed by atoms with Crippen molar-refractivity contribution in [3.8, 4) is 0 Å². The first-order chi connectivity index (χ1) is 13.9. The Morgan fingerprint density at radius 3 is 2.31 bits per heavy atom. The van der Waals surface area contributed by atoms with Crippen LogP contribution in [0.1, 0.15) is 45.8 Å². The monoisotopic (exact) mass is 391 g/mol. The third-order valence-electron chi connectivity index (χ3n) is 5.07. The van der Waals surface area contributed by atoms with Gasteiger partial charge in [-0.1, -0.05) is 32.0 Å². The molecule has 0 N–H and O–H groups in total.